The number of nitrogens with one attached hydrogen (secondary N) is 1. The van der Waals surface area contributed by atoms with Crippen molar-refractivity contribution in [3.8, 4) is 0 Å². The minimum Gasteiger partial charge on any atom is -0.444 e. The van der Waals surface area contributed by atoms with Gasteiger partial charge in [-0.05, 0) is 25.8 Å². The van der Waals surface area contributed by atoms with E-state index >= 15 is 0 Å². The Labute approximate surface area is 111 Å². The van der Waals surface area contributed by atoms with Gasteiger partial charge in [0, 0.05) is 0 Å². The number of rotatable bonds is 3. The largest absolute Gasteiger partial charge is 0.444 e. The predicted molar refractivity (Wildman–Crippen MR) is 76.4 cm³/mol. The molecule has 0 aromatic carbocycles. The lowest BCUT2D eigenvalue weighted by molar-refractivity contribution is -0.108. The zero-order valence-electron chi connectivity index (χ0n) is 12.9. The Kier molecular flexibility index (Phi) is 5.17. The van der Waals surface area contributed by atoms with Gasteiger partial charge in [-0.2, -0.15) is 0 Å². The van der Waals surface area contributed by atoms with Gasteiger partial charge in [-0.1, -0.05) is 33.9 Å². The van der Waals surface area contributed by atoms with Gasteiger partial charge < -0.3 is 14.8 Å². The zero-order chi connectivity index (χ0) is 14.8. The van der Waals surface area contributed by atoms with Crippen LogP contribution in [-0.4, -0.2) is 31.7 Å². The summed E-state index contributed by atoms with van der Waals surface area (Å²) in [4.78, 5) is 23.0. The third-order valence-electron chi connectivity index (χ3n) is 3.52. The van der Waals surface area contributed by atoms with Gasteiger partial charge >= 0.3 is 6.09 Å². The molecule has 0 fully saturated rings. The van der Waals surface area contributed by atoms with Crippen LogP contribution in [-0.2, 0) is 9.53 Å². The number of aldehydes is 1. The van der Waals surface area contributed by atoms with E-state index in [0.717, 1.165) is 6.29 Å². The topological polar surface area (TPSA) is 55.4 Å². The van der Waals surface area contributed by atoms with Gasteiger partial charge in [-0.25, -0.2) is 4.79 Å². The molecule has 1 amide bonds. The predicted octanol–water partition coefficient (Wildman–Crippen LogP) is 3.13. The first kappa shape index (κ1) is 17.2. The molecular weight excluding hydrogens is 246 g/mol. The normalized spacial score (nSPS) is 14.9. The maximum absolute atomic E-state index is 11.7. The van der Waals surface area contributed by atoms with Crippen molar-refractivity contribution < 1.29 is 14.3 Å². The van der Waals surface area contributed by atoms with Crippen molar-refractivity contribution in [2.24, 2.45) is 0 Å². The number of hydrogen-bond acceptors (Lipinski definition) is 3. The minimum atomic E-state index is -1.95. The third-order valence-corrected chi connectivity index (χ3v) is 9.22. The highest BCUT2D eigenvalue weighted by Gasteiger charge is 2.43. The van der Waals surface area contributed by atoms with Gasteiger partial charge in [0.1, 0.15) is 11.9 Å². The van der Waals surface area contributed by atoms with Gasteiger partial charge in [0.05, 0.1) is 13.7 Å². The molecule has 0 aliphatic carbocycles. The fourth-order valence-corrected chi connectivity index (χ4v) is 3.04. The molecule has 0 aromatic rings. The second-order valence-electron chi connectivity index (χ2n) is 7.23. The van der Waals surface area contributed by atoms with Crippen molar-refractivity contribution in [3.05, 3.63) is 0 Å². The first-order valence-corrected chi connectivity index (χ1v) is 9.34. The fraction of sp³-hybridized carbons (Fsp3) is 0.846. The summed E-state index contributed by atoms with van der Waals surface area (Å²) in [7, 11) is -1.95. The van der Waals surface area contributed by atoms with E-state index in [2.05, 4.69) is 39.2 Å². The van der Waals surface area contributed by atoms with Gasteiger partial charge in [-0.3, -0.25) is 0 Å². The van der Waals surface area contributed by atoms with Crippen LogP contribution in [0.25, 0.3) is 0 Å². The first-order valence-electron chi connectivity index (χ1n) is 6.26. The molecule has 1 atom stereocenters. The minimum absolute atomic E-state index is 0.0214. The highest BCUT2D eigenvalue weighted by molar-refractivity contribution is 6.83. The molecule has 0 aromatic heterocycles. The molecule has 4 nitrogen and oxygen atoms in total. The Bertz CT molecular complexity index is 313. The average molecular weight is 273 g/mol. The number of carbonyl (C=O) groups excluding carboxylic acids is 2. The van der Waals surface area contributed by atoms with Crippen LogP contribution in [0.1, 0.15) is 41.5 Å². The first-order chi connectivity index (χ1) is 7.81. The van der Waals surface area contributed by atoms with Crippen LogP contribution in [0.15, 0.2) is 0 Å². The summed E-state index contributed by atoms with van der Waals surface area (Å²) in [5.74, 6) is 0. The molecule has 0 aliphatic heterocycles. The monoisotopic (exact) mass is 273 g/mol. The molecule has 0 saturated heterocycles. The lowest BCUT2D eigenvalue weighted by Crippen LogP contribution is -2.59. The molecule has 0 aliphatic rings. The van der Waals surface area contributed by atoms with Crippen molar-refractivity contribution in [3.63, 3.8) is 0 Å². The van der Waals surface area contributed by atoms with Crippen LogP contribution >= 0.6 is 0 Å². The summed E-state index contributed by atoms with van der Waals surface area (Å²) in [6.45, 7) is 15.9. The second-order valence-corrected chi connectivity index (χ2v) is 12.8. The molecule has 0 spiro atoms. The van der Waals surface area contributed by atoms with E-state index in [1.165, 1.54) is 0 Å². The molecule has 5 heteroatoms. The zero-order valence-corrected chi connectivity index (χ0v) is 13.9. The molecule has 0 radical (unpaired) electrons. The maximum atomic E-state index is 11.7. The van der Waals surface area contributed by atoms with E-state index in [1.807, 2.05) is 0 Å². The molecule has 18 heavy (non-hydrogen) atoms. The van der Waals surface area contributed by atoms with Crippen LogP contribution in [0.3, 0.4) is 0 Å². The van der Waals surface area contributed by atoms with E-state index in [1.54, 1.807) is 20.8 Å². The molecule has 0 saturated carbocycles. The highest BCUT2D eigenvalue weighted by Crippen LogP contribution is 2.37. The Morgan fingerprint density at radius 1 is 1.17 bits per heavy atom. The fourth-order valence-electron chi connectivity index (χ4n) is 1.29. The van der Waals surface area contributed by atoms with E-state index in [4.69, 9.17) is 4.74 Å². The average Bonchev–Trinajstić information content (AvgIpc) is 2.08. The van der Waals surface area contributed by atoms with Gasteiger partial charge in [-0.15, -0.1) is 0 Å². The van der Waals surface area contributed by atoms with Crippen LogP contribution in [0.5, 0.6) is 0 Å². The lowest BCUT2D eigenvalue weighted by Gasteiger charge is -2.41. The van der Waals surface area contributed by atoms with Crippen molar-refractivity contribution in [2.45, 2.75) is 70.9 Å². The molecule has 1 N–H and O–H groups in total. The number of carbonyl (C=O) groups is 2. The highest BCUT2D eigenvalue weighted by atomic mass is 28.3. The van der Waals surface area contributed by atoms with Gasteiger partial charge in [0.25, 0.3) is 0 Å². The van der Waals surface area contributed by atoms with E-state index in [9.17, 15) is 9.59 Å². The Hall–Kier alpha value is -0.843. The van der Waals surface area contributed by atoms with Crippen molar-refractivity contribution in [1.29, 1.82) is 0 Å². The molecule has 0 heterocycles. The van der Waals surface area contributed by atoms with E-state index in [0.29, 0.717) is 0 Å². The van der Waals surface area contributed by atoms with Crippen molar-refractivity contribution in [2.75, 3.05) is 0 Å². The van der Waals surface area contributed by atoms with Crippen LogP contribution < -0.4 is 5.32 Å². The summed E-state index contributed by atoms with van der Waals surface area (Å²) < 4.78 is 5.19. The van der Waals surface area contributed by atoms with Crippen LogP contribution in [0.4, 0.5) is 4.79 Å². The molecule has 0 rings (SSSR count). The standard InChI is InChI=1S/C13H27NO3Si/c1-12(2,3)17-11(16)14-10(9-15)18(7,8)13(4,5)6/h9-10H,1-8H3,(H,14,16)/t10-/m0/s1. The smallest absolute Gasteiger partial charge is 0.407 e. The number of hydrogen-bond donors (Lipinski definition) is 1. The van der Waals surface area contributed by atoms with Crippen molar-refractivity contribution >= 4 is 20.5 Å². The Morgan fingerprint density at radius 2 is 1.61 bits per heavy atom. The molecule has 0 unspecified atom stereocenters. The van der Waals surface area contributed by atoms with Gasteiger partial charge in [0.15, 0.2) is 0 Å². The van der Waals surface area contributed by atoms with E-state index < -0.39 is 25.4 Å². The summed E-state index contributed by atoms with van der Waals surface area (Å²) in [5, 5.41) is 2.72. The quantitative estimate of drug-likeness (QED) is 0.635. The molecule has 0 bridgehead atoms. The maximum Gasteiger partial charge on any atom is 0.407 e. The molecular formula is C13H27NO3Si. The summed E-state index contributed by atoms with van der Waals surface area (Å²) >= 11 is 0. The third kappa shape index (κ3) is 4.80. The Morgan fingerprint density at radius 3 is 1.89 bits per heavy atom. The van der Waals surface area contributed by atoms with Crippen molar-refractivity contribution in [1.82, 2.24) is 5.32 Å². The lowest BCUT2D eigenvalue weighted by atomic mass is 10.2. The number of ether oxygens (including phenoxy) is 1. The van der Waals surface area contributed by atoms with Crippen LogP contribution in [0.2, 0.25) is 18.1 Å². The number of alkyl carbamates (subject to hydrolysis) is 1. The summed E-state index contributed by atoms with van der Waals surface area (Å²) in [6.07, 6.45) is 0.311. The second kappa shape index (κ2) is 5.43. The SMILES string of the molecule is CC(C)(C)OC(=O)N[C@H](C=O)[Si](C)(C)C(C)(C)C. The molecule has 106 valence electrons. The number of amides is 1. The summed E-state index contributed by atoms with van der Waals surface area (Å²) in [5.41, 5.74) is -0.988. The van der Waals surface area contributed by atoms with Gasteiger partial charge in [0.2, 0.25) is 0 Å². The summed E-state index contributed by atoms with van der Waals surface area (Å²) in [6, 6.07) is 0. The van der Waals surface area contributed by atoms with Crippen LogP contribution in [0, 0.1) is 0 Å². The van der Waals surface area contributed by atoms with E-state index in [-0.39, 0.29) is 5.04 Å². The Balaban J connectivity index is 4.83.